The third-order valence-corrected chi connectivity index (χ3v) is 2.95. The van der Waals surface area contributed by atoms with Gasteiger partial charge in [-0.25, -0.2) is 0 Å². The Balaban J connectivity index is 2.11. The van der Waals surface area contributed by atoms with Crippen molar-refractivity contribution < 1.29 is 19.1 Å². The molecule has 1 atom stereocenters. The molecule has 7 heteroatoms. The topological polar surface area (TPSA) is 82.9 Å². The summed E-state index contributed by atoms with van der Waals surface area (Å²) in [5.41, 5.74) is 0.371. The number of ether oxygens (including phenoxy) is 3. The van der Waals surface area contributed by atoms with Crippen LogP contribution in [0.3, 0.4) is 0 Å². The summed E-state index contributed by atoms with van der Waals surface area (Å²) in [6.07, 6.45) is -0.234. The zero-order valence-corrected chi connectivity index (χ0v) is 12.2. The van der Waals surface area contributed by atoms with Crippen molar-refractivity contribution in [2.45, 2.75) is 26.1 Å². The van der Waals surface area contributed by atoms with Crippen molar-refractivity contribution in [2.24, 2.45) is 0 Å². The Labute approximate surface area is 123 Å². The maximum atomic E-state index is 11.3. The smallest absolute Gasteiger partial charge is 0.333 e. The van der Waals surface area contributed by atoms with Crippen LogP contribution in [0.2, 0.25) is 0 Å². The zero-order valence-electron chi connectivity index (χ0n) is 12.2. The Morgan fingerprint density at radius 2 is 2.29 bits per heavy atom. The minimum absolute atomic E-state index is 0.0528. The average Bonchev–Trinajstić information content (AvgIpc) is 2.45. The zero-order chi connectivity index (χ0) is 15.2. The first-order valence-corrected chi connectivity index (χ1v) is 6.95. The molecule has 1 N–H and O–H groups in total. The second kappa shape index (κ2) is 7.24. The molecule has 0 aliphatic carbocycles. The summed E-state index contributed by atoms with van der Waals surface area (Å²) in [5.74, 6) is 0.265. The van der Waals surface area contributed by atoms with E-state index in [1.165, 1.54) is 0 Å². The molecule has 1 aromatic rings. The van der Waals surface area contributed by atoms with Gasteiger partial charge in [0.25, 0.3) is 0 Å². The molecule has 1 aliphatic heterocycles. The van der Waals surface area contributed by atoms with Crippen LogP contribution in [0.5, 0.6) is 5.75 Å². The average molecular weight is 296 g/mol. The summed E-state index contributed by atoms with van der Waals surface area (Å²) < 4.78 is 16.3. The number of rotatable bonds is 6. The van der Waals surface area contributed by atoms with Crippen LogP contribution < -0.4 is 10.1 Å². The van der Waals surface area contributed by atoms with Gasteiger partial charge >= 0.3 is 5.69 Å². The van der Waals surface area contributed by atoms with Crippen LogP contribution in [0.1, 0.15) is 13.8 Å². The van der Waals surface area contributed by atoms with Gasteiger partial charge < -0.3 is 19.5 Å². The molecule has 0 radical (unpaired) electrons. The van der Waals surface area contributed by atoms with Crippen molar-refractivity contribution in [1.82, 2.24) is 0 Å². The molecular weight excluding hydrogens is 276 g/mol. The first kappa shape index (κ1) is 15.5. The minimum Gasteiger partial charge on any atom is -0.484 e. The van der Waals surface area contributed by atoms with Gasteiger partial charge in [0.1, 0.15) is 5.69 Å². The van der Waals surface area contributed by atoms with E-state index in [0.29, 0.717) is 32.1 Å². The van der Waals surface area contributed by atoms with E-state index in [9.17, 15) is 10.1 Å². The van der Waals surface area contributed by atoms with Gasteiger partial charge in [0.15, 0.2) is 5.75 Å². The summed E-state index contributed by atoms with van der Waals surface area (Å²) in [5, 5.41) is 14.4. The van der Waals surface area contributed by atoms with E-state index in [1.54, 1.807) is 18.2 Å². The normalized spacial score (nSPS) is 18.5. The van der Waals surface area contributed by atoms with Gasteiger partial charge in [-0.05, 0) is 26.0 Å². The van der Waals surface area contributed by atoms with Crippen LogP contribution in [0.15, 0.2) is 18.2 Å². The Hall–Kier alpha value is -1.86. The summed E-state index contributed by atoms with van der Waals surface area (Å²) in [7, 11) is 0. The second-order valence-corrected chi connectivity index (χ2v) is 5.02. The Morgan fingerprint density at radius 1 is 1.48 bits per heavy atom. The van der Waals surface area contributed by atoms with Crippen molar-refractivity contribution in [3.05, 3.63) is 28.3 Å². The number of nitrogens with one attached hydrogen (secondary N) is 1. The number of nitro benzene ring substituents is 1. The lowest BCUT2D eigenvalue weighted by molar-refractivity contribution is -0.385. The molecule has 1 fully saturated rings. The van der Waals surface area contributed by atoms with Crippen molar-refractivity contribution in [3.63, 3.8) is 0 Å². The number of para-hydroxylation sites is 1. The molecule has 0 bridgehead atoms. The highest BCUT2D eigenvalue weighted by Gasteiger charge is 2.23. The number of hydrogen-bond acceptors (Lipinski definition) is 6. The molecule has 21 heavy (non-hydrogen) atoms. The summed E-state index contributed by atoms with van der Waals surface area (Å²) in [6, 6.07) is 4.99. The van der Waals surface area contributed by atoms with Crippen LogP contribution in [-0.2, 0) is 9.47 Å². The Bertz CT molecular complexity index is 486. The van der Waals surface area contributed by atoms with E-state index >= 15 is 0 Å². The van der Waals surface area contributed by atoms with E-state index < -0.39 is 4.92 Å². The molecule has 1 unspecified atom stereocenters. The fourth-order valence-corrected chi connectivity index (χ4v) is 2.08. The molecule has 0 spiro atoms. The van der Waals surface area contributed by atoms with Crippen molar-refractivity contribution in [3.8, 4) is 5.75 Å². The van der Waals surface area contributed by atoms with Gasteiger partial charge in [0, 0.05) is 6.54 Å². The molecule has 7 nitrogen and oxygen atoms in total. The highest BCUT2D eigenvalue weighted by atomic mass is 16.6. The van der Waals surface area contributed by atoms with Crippen LogP contribution in [0, 0.1) is 10.1 Å². The third-order valence-electron chi connectivity index (χ3n) is 2.95. The molecule has 1 aliphatic rings. The predicted molar refractivity (Wildman–Crippen MR) is 77.9 cm³/mol. The molecule has 1 heterocycles. The maximum Gasteiger partial charge on any atom is 0.333 e. The van der Waals surface area contributed by atoms with Crippen LogP contribution in [-0.4, -0.2) is 43.5 Å². The van der Waals surface area contributed by atoms with Crippen LogP contribution in [0.25, 0.3) is 0 Å². The Kier molecular flexibility index (Phi) is 5.35. The van der Waals surface area contributed by atoms with E-state index in [2.05, 4.69) is 5.32 Å². The first-order chi connectivity index (χ1) is 10.1. The summed E-state index contributed by atoms with van der Waals surface area (Å²) >= 11 is 0. The van der Waals surface area contributed by atoms with Gasteiger partial charge in [0.05, 0.1) is 37.0 Å². The van der Waals surface area contributed by atoms with Gasteiger partial charge in [-0.1, -0.05) is 6.07 Å². The molecule has 116 valence electrons. The molecule has 0 aromatic heterocycles. The highest BCUT2D eigenvalue weighted by molar-refractivity contribution is 5.68. The largest absolute Gasteiger partial charge is 0.484 e. The van der Waals surface area contributed by atoms with E-state index in [0.717, 1.165) is 0 Å². The lowest BCUT2D eigenvalue weighted by atomic mass is 10.2. The SMILES string of the molecule is CC(C)Oc1cccc(NCC2COCCO2)c1[N+](=O)[O-]. The van der Waals surface area contributed by atoms with Gasteiger partial charge in [0.2, 0.25) is 0 Å². The van der Waals surface area contributed by atoms with Gasteiger partial charge in [-0.2, -0.15) is 0 Å². The van der Waals surface area contributed by atoms with Crippen molar-refractivity contribution in [2.75, 3.05) is 31.7 Å². The molecule has 1 aromatic carbocycles. The fourth-order valence-electron chi connectivity index (χ4n) is 2.08. The molecular formula is C14H20N2O5. The Morgan fingerprint density at radius 3 is 2.90 bits per heavy atom. The van der Waals surface area contributed by atoms with E-state index in [1.807, 2.05) is 13.8 Å². The summed E-state index contributed by atoms with van der Waals surface area (Å²) in [6.45, 7) is 5.74. The standard InChI is InChI=1S/C14H20N2O5/c1-10(2)21-13-5-3-4-12(14(13)16(17)18)15-8-11-9-19-6-7-20-11/h3-5,10-11,15H,6-9H2,1-2H3. The lowest BCUT2D eigenvalue weighted by Crippen LogP contribution is -2.34. The van der Waals surface area contributed by atoms with E-state index in [4.69, 9.17) is 14.2 Å². The monoisotopic (exact) mass is 296 g/mol. The highest BCUT2D eigenvalue weighted by Crippen LogP contribution is 2.35. The minimum atomic E-state index is -0.432. The van der Waals surface area contributed by atoms with Crippen molar-refractivity contribution >= 4 is 11.4 Å². The van der Waals surface area contributed by atoms with Gasteiger partial charge in [-0.15, -0.1) is 0 Å². The molecule has 1 saturated heterocycles. The van der Waals surface area contributed by atoms with Gasteiger partial charge in [-0.3, -0.25) is 10.1 Å². The van der Waals surface area contributed by atoms with E-state index in [-0.39, 0.29) is 23.6 Å². The number of anilines is 1. The summed E-state index contributed by atoms with van der Waals surface area (Å²) in [4.78, 5) is 10.9. The van der Waals surface area contributed by atoms with Crippen LogP contribution in [0.4, 0.5) is 11.4 Å². The molecule has 0 amide bonds. The number of benzene rings is 1. The number of hydrogen-bond donors (Lipinski definition) is 1. The number of nitro groups is 1. The quantitative estimate of drug-likeness (QED) is 0.640. The lowest BCUT2D eigenvalue weighted by Gasteiger charge is -2.23. The molecule has 2 rings (SSSR count). The fraction of sp³-hybridized carbons (Fsp3) is 0.571. The van der Waals surface area contributed by atoms with Crippen molar-refractivity contribution in [1.29, 1.82) is 0 Å². The second-order valence-electron chi connectivity index (χ2n) is 5.02. The van der Waals surface area contributed by atoms with Crippen LogP contribution >= 0.6 is 0 Å². The first-order valence-electron chi connectivity index (χ1n) is 6.95. The maximum absolute atomic E-state index is 11.3. The predicted octanol–water partition coefficient (Wildman–Crippen LogP) is 2.21. The third kappa shape index (κ3) is 4.30. The number of nitrogens with zero attached hydrogens (tertiary/aromatic N) is 1. The molecule has 0 saturated carbocycles.